The van der Waals surface area contributed by atoms with Crippen LogP contribution in [0, 0.1) is 0 Å². The Balaban J connectivity index is 1.25. The standard InChI is InChI=1S/C20H27N5O/c1-2-6-18(7-3-1)26-17-16-23-12-14-24(15-13-23)19-8-9-21-20(22-19)25-10-4-5-11-25/h1-3,6-9H,4-5,10-17H2. The van der Waals surface area contributed by atoms with E-state index in [0.717, 1.165) is 69.9 Å². The molecule has 26 heavy (non-hydrogen) atoms. The van der Waals surface area contributed by atoms with Gasteiger partial charge in [0.15, 0.2) is 0 Å². The molecule has 0 aliphatic carbocycles. The normalized spacial score (nSPS) is 18.3. The quantitative estimate of drug-likeness (QED) is 0.794. The number of hydrogen-bond donors (Lipinski definition) is 0. The molecule has 2 aromatic rings. The van der Waals surface area contributed by atoms with E-state index in [9.17, 15) is 0 Å². The van der Waals surface area contributed by atoms with Gasteiger partial charge in [-0.15, -0.1) is 0 Å². The molecular weight excluding hydrogens is 326 g/mol. The zero-order chi connectivity index (χ0) is 17.6. The number of rotatable bonds is 6. The first-order valence-corrected chi connectivity index (χ1v) is 9.62. The summed E-state index contributed by atoms with van der Waals surface area (Å²) < 4.78 is 5.81. The summed E-state index contributed by atoms with van der Waals surface area (Å²) in [5, 5.41) is 0. The van der Waals surface area contributed by atoms with Crippen molar-refractivity contribution in [1.82, 2.24) is 14.9 Å². The van der Waals surface area contributed by atoms with Crippen LogP contribution in [0.1, 0.15) is 12.8 Å². The van der Waals surface area contributed by atoms with Crippen molar-refractivity contribution in [2.75, 3.05) is 62.2 Å². The van der Waals surface area contributed by atoms with Crippen molar-refractivity contribution in [3.63, 3.8) is 0 Å². The van der Waals surface area contributed by atoms with E-state index in [-0.39, 0.29) is 0 Å². The number of para-hydroxylation sites is 1. The molecule has 0 N–H and O–H groups in total. The second-order valence-electron chi connectivity index (χ2n) is 6.90. The molecule has 2 aliphatic heterocycles. The minimum absolute atomic E-state index is 0.733. The monoisotopic (exact) mass is 353 g/mol. The Hall–Kier alpha value is -2.34. The van der Waals surface area contributed by atoms with Crippen LogP contribution in [-0.2, 0) is 0 Å². The third-order valence-electron chi connectivity index (χ3n) is 5.13. The van der Waals surface area contributed by atoms with Gasteiger partial charge in [-0.05, 0) is 31.0 Å². The van der Waals surface area contributed by atoms with Crippen LogP contribution in [0.25, 0.3) is 0 Å². The molecule has 0 amide bonds. The van der Waals surface area contributed by atoms with Gasteiger partial charge in [-0.1, -0.05) is 18.2 Å². The van der Waals surface area contributed by atoms with E-state index in [1.807, 2.05) is 42.6 Å². The minimum Gasteiger partial charge on any atom is -0.492 e. The molecule has 0 saturated carbocycles. The average Bonchev–Trinajstić information content (AvgIpc) is 3.24. The summed E-state index contributed by atoms with van der Waals surface area (Å²) in [5.41, 5.74) is 0. The van der Waals surface area contributed by atoms with Gasteiger partial charge in [0.25, 0.3) is 0 Å². The Morgan fingerprint density at radius 2 is 1.62 bits per heavy atom. The molecule has 0 bridgehead atoms. The van der Waals surface area contributed by atoms with Crippen LogP contribution in [0.15, 0.2) is 42.6 Å². The van der Waals surface area contributed by atoms with Gasteiger partial charge in [0.05, 0.1) is 0 Å². The first-order chi connectivity index (χ1) is 12.9. The first-order valence-electron chi connectivity index (χ1n) is 9.62. The predicted octanol–water partition coefficient (Wildman–Crippen LogP) is 2.28. The van der Waals surface area contributed by atoms with E-state index < -0.39 is 0 Å². The summed E-state index contributed by atoms with van der Waals surface area (Å²) >= 11 is 0. The van der Waals surface area contributed by atoms with Gasteiger partial charge in [0.2, 0.25) is 5.95 Å². The molecular formula is C20H27N5O. The number of piperazine rings is 1. The average molecular weight is 353 g/mol. The maximum absolute atomic E-state index is 5.81. The van der Waals surface area contributed by atoms with Gasteiger partial charge in [-0.25, -0.2) is 4.98 Å². The second-order valence-corrected chi connectivity index (χ2v) is 6.90. The molecule has 1 aromatic carbocycles. The Morgan fingerprint density at radius 1 is 0.846 bits per heavy atom. The zero-order valence-electron chi connectivity index (χ0n) is 15.3. The molecule has 1 aromatic heterocycles. The van der Waals surface area contributed by atoms with Crippen molar-refractivity contribution in [1.29, 1.82) is 0 Å². The maximum atomic E-state index is 5.81. The second kappa shape index (κ2) is 8.36. The van der Waals surface area contributed by atoms with Crippen LogP contribution in [0.2, 0.25) is 0 Å². The van der Waals surface area contributed by atoms with Gasteiger partial charge < -0.3 is 14.5 Å². The molecule has 0 atom stereocenters. The summed E-state index contributed by atoms with van der Waals surface area (Å²) in [7, 11) is 0. The van der Waals surface area contributed by atoms with Gasteiger partial charge >= 0.3 is 0 Å². The molecule has 3 heterocycles. The molecule has 6 heteroatoms. The first kappa shape index (κ1) is 17.1. The lowest BCUT2D eigenvalue weighted by atomic mass is 10.3. The van der Waals surface area contributed by atoms with Crippen LogP contribution in [0.4, 0.5) is 11.8 Å². The fraction of sp³-hybridized carbons (Fsp3) is 0.500. The molecule has 2 saturated heterocycles. The van der Waals surface area contributed by atoms with Crippen LogP contribution in [0.5, 0.6) is 5.75 Å². The molecule has 6 nitrogen and oxygen atoms in total. The number of ether oxygens (including phenoxy) is 1. The van der Waals surface area contributed by atoms with Gasteiger partial charge in [-0.2, -0.15) is 4.98 Å². The number of hydrogen-bond acceptors (Lipinski definition) is 6. The Bertz CT molecular complexity index is 682. The van der Waals surface area contributed by atoms with Crippen LogP contribution >= 0.6 is 0 Å². The van der Waals surface area contributed by atoms with Crippen LogP contribution in [0.3, 0.4) is 0 Å². The maximum Gasteiger partial charge on any atom is 0.227 e. The summed E-state index contributed by atoms with van der Waals surface area (Å²) in [5.74, 6) is 2.89. The molecule has 0 unspecified atom stereocenters. The Labute approximate surface area is 155 Å². The minimum atomic E-state index is 0.733. The van der Waals surface area contributed by atoms with E-state index >= 15 is 0 Å². The fourth-order valence-electron chi connectivity index (χ4n) is 3.59. The van der Waals surface area contributed by atoms with Gasteiger partial charge in [0, 0.05) is 52.0 Å². The summed E-state index contributed by atoms with van der Waals surface area (Å²) in [4.78, 5) is 16.4. The largest absolute Gasteiger partial charge is 0.492 e. The summed E-state index contributed by atoms with van der Waals surface area (Å²) in [6, 6.07) is 12.1. The highest BCUT2D eigenvalue weighted by Gasteiger charge is 2.20. The smallest absolute Gasteiger partial charge is 0.227 e. The SMILES string of the molecule is c1ccc(OCCN2CCN(c3ccnc(N4CCCC4)n3)CC2)cc1. The molecule has 0 radical (unpaired) electrons. The Morgan fingerprint density at radius 3 is 2.38 bits per heavy atom. The van der Waals surface area contributed by atoms with E-state index in [1.54, 1.807) is 0 Å². The van der Waals surface area contributed by atoms with Crippen LogP contribution < -0.4 is 14.5 Å². The molecule has 138 valence electrons. The van der Waals surface area contributed by atoms with Gasteiger partial charge in [-0.3, -0.25) is 4.90 Å². The molecule has 2 aliphatic rings. The molecule has 2 fully saturated rings. The summed E-state index contributed by atoms with van der Waals surface area (Å²) in [6.45, 7) is 7.95. The van der Waals surface area contributed by atoms with E-state index in [1.165, 1.54) is 12.8 Å². The third kappa shape index (κ3) is 4.25. The van der Waals surface area contributed by atoms with E-state index in [4.69, 9.17) is 9.72 Å². The zero-order valence-corrected chi connectivity index (χ0v) is 15.3. The number of anilines is 2. The van der Waals surface area contributed by atoms with E-state index in [2.05, 4.69) is 19.7 Å². The van der Waals surface area contributed by atoms with E-state index in [0.29, 0.717) is 0 Å². The lowest BCUT2D eigenvalue weighted by Crippen LogP contribution is -2.47. The van der Waals surface area contributed by atoms with Crippen molar-refractivity contribution in [3.05, 3.63) is 42.6 Å². The van der Waals surface area contributed by atoms with Crippen molar-refractivity contribution >= 4 is 11.8 Å². The third-order valence-corrected chi connectivity index (χ3v) is 5.13. The Kier molecular flexibility index (Phi) is 5.50. The highest BCUT2D eigenvalue weighted by atomic mass is 16.5. The number of nitrogens with zero attached hydrogens (tertiary/aromatic N) is 5. The predicted molar refractivity (Wildman–Crippen MR) is 104 cm³/mol. The summed E-state index contributed by atoms with van der Waals surface area (Å²) in [6.07, 6.45) is 4.39. The number of aromatic nitrogens is 2. The van der Waals surface area contributed by atoms with Crippen molar-refractivity contribution in [2.45, 2.75) is 12.8 Å². The van der Waals surface area contributed by atoms with Crippen LogP contribution in [-0.4, -0.2) is 67.3 Å². The highest BCUT2D eigenvalue weighted by molar-refractivity contribution is 5.44. The lowest BCUT2D eigenvalue weighted by Gasteiger charge is -2.35. The lowest BCUT2D eigenvalue weighted by molar-refractivity contribution is 0.200. The van der Waals surface area contributed by atoms with Gasteiger partial charge in [0.1, 0.15) is 18.2 Å². The van der Waals surface area contributed by atoms with Crippen molar-refractivity contribution < 1.29 is 4.74 Å². The van der Waals surface area contributed by atoms with Crippen molar-refractivity contribution in [3.8, 4) is 5.75 Å². The number of benzene rings is 1. The van der Waals surface area contributed by atoms with Crippen molar-refractivity contribution in [2.24, 2.45) is 0 Å². The fourth-order valence-corrected chi connectivity index (χ4v) is 3.59. The molecule has 4 rings (SSSR count). The topological polar surface area (TPSA) is 44.7 Å². The highest BCUT2D eigenvalue weighted by Crippen LogP contribution is 2.20. The molecule has 0 spiro atoms.